The van der Waals surface area contributed by atoms with E-state index in [1.807, 2.05) is 6.92 Å². The van der Waals surface area contributed by atoms with Crippen LogP contribution in [0.15, 0.2) is 82.2 Å². The second-order valence-electron chi connectivity index (χ2n) is 6.94. The van der Waals surface area contributed by atoms with Gasteiger partial charge in [0.15, 0.2) is 0 Å². The first-order chi connectivity index (χ1) is 15.2. The Morgan fingerprint density at radius 3 is 2.19 bits per heavy atom. The van der Waals surface area contributed by atoms with E-state index in [1.54, 1.807) is 36.4 Å². The summed E-state index contributed by atoms with van der Waals surface area (Å²) in [4.78, 5) is 22.7. The van der Waals surface area contributed by atoms with E-state index >= 15 is 0 Å². The van der Waals surface area contributed by atoms with Gasteiger partial charge in [-0.1, -0.05) is 45.8 Å². The van der Waals surface area contributed by atoms with E-state index < -0.39 is 27.0 Å². The molecule has 32 heavy (non-hydrogen) atoms. The first-order valence-electron chi connectivity index (χ1n) is 9.42. The third-order valence-electron chi connectivity index (χ3n) is 4.60. The van der Waals surface area contributed by atoms with Crippen LogP contribution in [0.3, 0.4) is 0 Å². The summed E-state index contributed by atoms with van der Waals surface area (Å²) in [5.41, 5.74) is 1.48. The highest BCUT2D eigenvalue weighted by Crippen LogP contribution is 2.21. The third kappa shape index (κ3) is 6.00. The number of sulfonamides is 1. The number of carbonyl (C=O) groups is 1. The number of carbonyl (C=O) groups excluding carboxylic acids is 1. The topological polar surface area (TPSA) is 116 Å². The second kappa shape index (κ2) is 10.0. The number of esters is 1. The Kier molecular flexibility index (Phi) is 7.39. The molecule has 0 amide bonds. The van der Waals surface area contributed by atoms with Gasteiger partial charge in [-0.3, -0.25) is 10.1 Å². The van der Waals surface area contributed by atoms with Crippen LogP contribution < -0.4 is 4.72 Å². The molecule has 0 saturated carbocycles. The van der Waals surface area contributed by atoms with Crippen molar-refractivity contribution in [2.75, 3.05) is 6.61 Å². The van der Waals surface area contributed by atoms with E-state index in [-0.39, 0.29) is 22.8 Å². The summed E-state index contributed by atoms with van der Waals surface area (Å²) in [6.45, 7) is 1.58. The van der Waals surface area contributed by atoms with Crippen molar-refractivity contribution < 1.29 is 22.9 Å². The fourth-order valence-corrected chi connectivity index (χ4v) is 4.30. The van der Waals surface area contributed by atoms with Gasteiger partial charge >= 0.3 is 5.97 Å². The van der Waals surface area contributed by atoms with E-state index in [0.29, 0.717) is 5.56 Å². The molecule has 3 rings (SSSR count). The summed E-state index contributed by atoms with van der Waals surface area (Å²) >= 11 is 3.34. The number of non-ortho nitro benzene ring substituents is 1. The number of nitrogens with zero attached hydrogens (tertiary/aromatic N) is 1. The number of hydrogen-bond acceptors (Lipinski definition) is 6. The summed E-state index contributed by atoms with van der Waals surface area (Å²) < 4.78 is 34.5. The Hall–Kier alpha value is -3.08. The van der Waals surface area contributed by atoms with Crippen LogP contribution >= 0.6 is 15.9 Å². The fourth-order valence-electron chi connectivity index (χ4n) is 2.83. The van der Waals surface area contributed by atoms with E-state index in [9.17, 15) is 23.3 Å². The van der Waals surface area contributed by atoms with Crippen LogP contribution in [-0.2, 0) is 14.8 Å². The van der Waals surface area contributed by atoms with Crippen LogP contribution in [0, 0.1) is 17.0 Å². The Labute approximate surface area is 193 Å². The molecule has 1 atom stereocenters. The van der Waals surface area contributed by atoms with Crippen LogP contribution in [0.4, 0.5) is 5.69 Å². The normalized spacial score (nSPS) is 12.2. The maximum atomic E-state index is 12.9. The first-order valence-corrected chi connectivity index (χ1v) is 11.7. The maximum absolute atomic E-state index is 12.9. The predicted molar refractivity (Wildman–Crippen MR) is 122 cm³/mol. The smallest absolute Gasteiger partial charge is 0.338 e. The minimum absolute atomic E-state index is 0.0897. The van der Waals surface area contributed by atoms with Crippen LogP contribution in [0.1, 0.15) is 27.5 Å². The monoisotopic (exact) mass is 518 g/mol. The molecule has 1 N–H and O–H groups in total. The Morgan fingerprint density at radius 2 is 1.62 bits per heavy atom. The number of benzene rings is 3. The van der Waals surface area contributed by atoms with Crippen LogP contribution in [0.2, 0.25) is 0 Å². The molecule has 0 radical (unpaired) electrons. The number of nitrogens with one attached hydrogen (secondary N) is 1. The van der Waals surface area contributed by atoms with E-state index in [0.717, 1.165) is 10.0 Å². The molecule has 0 bridgehead atoms. The van der Waals surface area contributed by atoms with Crippen LogP contribution in [-0.4, -0.2) is 25.9 Å². The molecule has 0 aliphatic rings. The van der Waals surface area contributed by atoms with Gasteiger partial charge in [0, 0.05) is 16.6 Å². The van der Waals surface area contributed by atoms with Crippen LogP contribution in [0.5, 0.6) is 0 Å². The highest BCUT2D eigenvalue weighted by Gasteiger charge is 2.23. The van der Waals surface area contributed by atoms with Gasteiger partial charge in [-0.2, -0.15) is 0 Å². The Morgan fingerprint density at radius 1 is 1.03 bits per heavy atom. The van der Waals surface area contributed by atoms with Crippen molar-refractivity contribution in [1.82, 2.24) is 4.72 Å². The number of aryl methyl sites for hydroxylation is 1. The first kappa shape index (κ1) is 23.6. The zero-order chi connectivity index (χ0) is 23.3. The molecule has 0 fully saturated rings. The number of hydrogen-bond donors (Lipinski definition) is 1. The molecule has 0 heterocycles. The molecule has 3 aromatic rings. The molecule has 8 nitrogen and oxygen atoms in total. The quantitative estimate of drug-likeness (QED) is 0.265. The van der Waals surface area contributed by atoms with E-state index in [4.69, 9.17) is 4.74 Å². The lowest BCUT2D eigenvalue weighted by molar-refractivity contribution is -0.384. The lowest BCUT2D eigenvalue weighted by Gasteiger charge is -2.19. The lowest BCUT2D eigenvalue weighted by atomic mass is 10.1. The molecule has 0 aliphatic heterocycles. The summed E-state index contributed by atoms with van der Waals surface area (Å²) in [7, 11) is -3.89. The number of nitro benzene ring substituents is 1. The van der Waals surface area contributed by atoms with E-state index in [1.165, 1.54) is 36.4 Å². The molecule has 0 spiro atoms. The average Bonchev–Trinajstić information content (AvgIpc) is 2.77. The molecule has 0 aliphatic carbocycles. The molecule has 0 saturated heterocycles. The average molecular weight is 519 g/mol. The predicted octanol–water partition coefficient (Wildman–Crippen LogP) is 4.54. The van der Waals surface area contributed by atoms with Gasteiger partial charge < -0.3 is 4.74 Å². The van der Waals surface area contributed by atoms with Crippen molar-refractivity contribution in [3.8, 4) is 0 Å². The summed E-state index contributed by atoms with van der Waals surface area (Å²) in [5, 5.41) is 10.8. The Bertz CT molecular complexity index is 1210. The van der Waals surface area contributed by atoms with Gasteiger partial charge in [0.1, 0.15) is 6.61 Å². The molecular weight excluding hydrogens is 500 g/mol. The van der Waals surface area contributed by atoms with Gasteiger partial charge in [0.25, 0.3) is 5.69 Å². The van der Waals surface area contributed by atoms with Crippen molar-refractivity contribution >= 4 is 37.6 Å². The van der Waals surface area contributed by atoms with Gasteiger partial charge in [-0.25, -0.2) is 17.9 Å². The van der Waals surface area contributed by atoms with Gasteiger partial charge in [-0.05, 0) is 48.9 Å². The van der Waals surface area contributed by atoms with Crippen LogP contribution in [0.25, 0.3) is 0 Å². The number of nitro groups is 1. The molecule has 1 unspecified atom stereocenters. The van der Waals surface area contributed by atoms with E-state index in [2.05, 4.69) is 20.7 Å². The summed E-state index contributed by atoms with van der Waals surface area (Å²) in [6, 6.07) is 17.4. The second-order valence-corrected chi connectivity index (χ2v) is 9.57. The minimum atomic E-state index is -3.89. The highest BCUT2D eigenvalue weighted by atomic mass is 79.9. The van der Waals surface area contributed by atoms with Crippen molar-refractivity contribution in [2.45, 2.75) is 17.9 Å². The maximum Gasteiger partial charge on any atom is 0.338 e. The standard InChI is InChI=1S/C22H19BrN2O6S/c1-15-2-12-20(13-3-15)32(29,30)24-21(16-4-8-18(23)9-5-16)14-31-22(26)17-6-10-19(11-7-17)25(27)28/h2-13,21,24H,14H2,1H3. The number of halogens is 1. The molecule has 166 valence electrons. The largest absolute Gasteiger partial charge is 0.460 e. The summed E-state index contributed by atoms with van der Waals surface area (Å²) in [5.74, 6) is -0.725. The molecule has 3 aromatic carbocycles. The van der Waals surface area contributed by atoms with Crippen molar-refractivity contribution in [3.63, 3.8) is 0 Å². The van der Waals surface area contributed by atoms with Gasteiger partial charge in [0.2, 0.25) is 10.0 Å². The van der Waals surface area contributed by atoms with Crippen molar-refractivity contribution in [3.05, 3.63) is 104 Å². The SMILES string of the molecule is Cc1ccc(S(=O)(=O)NC(COC(=O)c2ccc([N+](=O)[O-])cc2)c2ccc(Br)cc2)cc1. The molecule has 10 heteroatoms. The highest BCUT2D eigenvalue weighted by molar-refractivity contribution is 9.10. The number of rotatable bonds is 8. The zero-order valence-electron chi connectivity index (χ0n) is 16.9. The van der Waals surface area contributed by atoms with Crippen molar-refractivity contribution in [1.29, 1.82) is 0 Å². The Balaban J connectivity index is 1.80. The van der Waals surface area contributed by atoms with Crippen molar-refractivity contribution in [2.24, 2.45) is 0 Å². The van der Waals surface area contributed by atoms with Gasteiger partial charge in [0.05, 0.1) is 21.4 Å². The fraction of sp³-hybridized carbons (Fsp3) is 0.136. The molecular formula is C22H19BrN2O6S. The zero-order valence-corrected chi connectivity index (χ0v) is 19.3. The van der Waals surface area contributed by atoms with Gasteiger partial charge in [-0.15, -0.1) is 0 Å². The lowest BCUT2D eigenvalue weighted by Crippen LogP contribution is -2.32. The number of ether oxygens (including phenoxy) is 1. The minimum Gasteiger partial charge on any atom is -0.460 e. The summed E-state index contributed by atoms with van der Waals surface area (Å²) in [6.07, 6.45) is 0. The third-order valence-corrected chi connectivity index (χ3v) is 6.61. The molecule has 0 aromatic heterocycles.